The van der Waals surface area contributed by atoms with E-state index in [2.05, 4.69) is 39.7 Å². The van der Waals surface area contributed by atoms with Gasteiger partial charge in [-0.3, -0.25) is 4.98 Å². The van der Waals surface area contributed by atoms with Crippen molar-refractivity contribution >= 4 is 22.6 Å². The van der Waals surface area contributed by atoms with Crippen molar-refractivity contribution in [2.75, 3.05) is 0 Å². The second kappa shape index (κ2) is 5.32. The number of benzene rings is 1. The molecule has 94 valence electrons. The van der Waals surface area contributed by atoms with Gasteiger partial charge in [0, 0.05) is 3.57 Å². The number of hydrogen-bond donors (Lipinski definition) is 1. The number of halogens is 2. The number of nitrogens with zero attached hydrogens (tertiary/aromatic N) is 1. The van der Waals surface area contributed by atoms with Crippen LogP contribution in [0.25, 0.3) is 0 Å². The largest absolute Gasteiger partial charge is 0.320 e. The molecule has 0 radical (unpaired) electrons. The Morgan fingerprint density at radius 1 is 1.22 bits per heavy atom. The van der Waals surface area contributed by atoms with E-state index >= 15 is 0 Å². The Morgan fingerprint density at radius 2 is 1.89 bits per heavy atom. The molecule has 2 rings (SSSR count). The topological polar surface area (TPSA) is 38.9 Å². The molecule has 0 amide bonds. The van der Waals surface area contributed by atoms with Gasteiger partial charge < -0.3 is 5.73 Å². The van der Waals surface area contributed by atoms with E-state index < -0.39 is 5.54 Å². The molecule has 0 aliphatic heterocycles. The lowest BCUT2D eigenvalue weighted by Crippen LogP contribution is -2.36. The number of pyridine rings is 1. The second-order valence-corrected chi connectivity index (χ2v) is 5.83. The summed E-state index contributed by atoms with van der Waals surface area (Å²) in [6, 6.07) is 11.2. The van der Waals surface area contributed by atoms with Crippen LogP contribution in [0.2, 0.25) is 0 Å². The third-order valence-electron chi connectivity index (χ3n) is 2.80. The van der Waals surface area contributed by atoms with Gasteiger partial charge in [-0.2, -0.15) is 0 Å². The average molecular weight is 356 g/mol. The Bertz CT molecular complexity index is 520. The van der Waals surface area contributed by atoms with Crippen molar-refractivity contribution in [3.8, 4) is 0 Å². The lowest BCUT2D eigenvalue weighted by molar-refractivity contribution is 0.472. The van der Waals surface area contributed by atoms with Crippen LogP contribution in [0.5, 0.6) is 0 Å². The molecule has 1 heterocycles. The first-order valence-corrected chi connectivity index (χ1v) is 6.71. The molecule has 18 heavy (non-hydrogen) atoms. The summed E-state index contributed by atoms with van der Waals surface area (Å²) >= 11 is 2.26. The Labute approximate surface area is 120 Å². The molecule has 0 saturated carbocycles. The zero-order chi connectivity index (χ0) is 13.2. The summed E-state index contributed by atoms with van der Waals surface area (Å²) < 4.78 is 14.0. The number of aromatic nitrogens is 1. The standard InChI is InChI=1S/C14H14FIN2/c1-14(17,13-7-4-11(15)9-18-13)8-10-2-5-12(16)6-3-10/h2-7,9H,8,17H2,1H3. The first kappa shape index (κ1) is 13.4. The van der Waals surface area contributed by atoms with Gasteiger partial charge >= 0.3 is 0 Å². The zero-order valence-electron chi connectivity index (χ0n) is 10.0. The van der Waals surface area contributed by atoms with Gasteiger partial charge in [-0.25, -0.2) is 4.39 Å². The summed E-state index contributed by atoms with van der Waals surface area (Å²) in [7, 11) is 0. The van der Waals surface area contributed by atoms with Crippen molar-refractivity contribution in [3.63, 3.8) is 0 Å². The summed E-state index contributed by atoms with van der Waals surface area (Å²) in [6.45, 7) is 1.91. The lowest BCUT2D eigenvalue weighted by atomic mass is 9.90. The molecule has 2 aromatic rings. The van der Waals surface area contributed by atoms with E-state index in [-0.39, 0.29) is 5.82 Å². The van der Waals surface area contributed by atoms with Crippen LogP contribution in [0.15, 0.2) is 42.6 Å². The third-order valence-corrected chi connectivity index (χ3v) is 3.52. The molecule has 2 N–H and O–H groups in total. The van der Waals surface area contributed by atoms with Crippen molar-refractivity contribution in [2.24, 2.45) is 5.73 Å². The maximum absolute atomic E-state index is 12.8. The van der Waals surface area contributed by atoms with Gasteiger partial charge in [0.25, 0.3) is 0 Å². The summed E-state index contributed by atoms with van der Waals surface area (Å²) in [6.07, 6.45) is 1.87. The van der Waals surface area contributed by atoms with E-state index in [1.165, 1.54) is 15.8 Å². The van der Waals surface area contributed by atoms with E-state index in [9.17, 15) is 4.39 Å². The molecule has 1 unspecified atom stereocenters. The van der Waals surface area contributed by atoms with Crippen LogP contribution in [0.3, 0.4) is 0 Å². The highest BCUT2D eigenvalue weighted by Gasteiger charge is 2.23. The maximum atomic E-state index is 12.8. The van der Waals surface area contributed by atoms with Gasteiger partial charge in [0.2, 0.25) is 0 Å². The quantitative estimate of drug-likeness (QED) is 0.858. The number of nitrogens with two attached hydrogens (primary N) is 1. The van der Waals surface area contributed by atoms with Crippen LogP contribution in [0, 0.1) is 9.39 Å². The van der Waals surface area contributed by atoms with Crippen LogP contribution < -0.4 is 5.73 Å². The van der Waals surface area contributed by atoms with Crippen LogP contribution in [-0.4, -0.2) is 4.98 Å². The van der Waals surface area contributed by atoms with Gasteiger partial charge in [0.1, 0.15) is 5.82 Å². The van der Waals surface area contributed by atoms with E-state index in [1.54, 1.807) is 6.07 Å². The fourth-order valence-corrected chi connectivity index (χ4v) is 2.19. The highest BCUT2D eigenvalue weighted by molar-refractivity contribution is 14.1. The van der Waals surface area contributed by atoms with Crippen molar-refractivity contribution in [3.05, 3.63) is 63.2 Å². The fourth-order valence-electron chi connectivity index (χ4n) is 1.83. The number of hydrogen-bond acceptors (Lipinski definition) is 2. The summed E-state index contributed by atoms with van der Waals surface area (Å²) in [5.41, 5.74) is 7.52. The number of rotatable bonds is 3. The minimum atomic E-state index is -0.597. The molecule has 1 aromatic carbocycles. The maximum Gasteiger partial charge on any atom is 0.141 e. The van der Waals surface area contributed by atoms with Crippen LogP contribution >= 0.6 is 22.6 Å². The molecule has 0 bridgehead atoms. The zero-order valence-corrected chi connectivity index (χ0v) is 12.2. The molecule has 2 nitrogen and oxygen atoms in total. The predicted octanol–water partition coefficient (Wildman–Crippen LogP) is 3.24. The molecule has 0 fully saturated rings. The first-order chi connectivity index (χ1) is 8.47. The minimum absolute atomic E-state index is 0.344. The fraction of sp³-hybridized carbons (Fsp3) is 0.214. The molecular weight excluding hydrogens is 342 g/mol. The van der Waals surface area contributed by atoms with Crippen molar-refractivity contribution < 1.29 is 4.39 Å². The van der Waals surface area contributed by atoms with E-state index in [0.29, 0.717) is 12.1 Å². The van der Waals surface area contributed by atoms with Crippen molar-refractivity contribution in [2.45, 2.75) is 18.9 Å². The highest BCUT2D eigenvalue weighted by Crippen LogP contribution is 2.21. The summed E-state index contributed by atoms with van der Waals surface area (Å²) in [4.78, 5) is 4.06. The molecular formula is C14H14FIN2. The molecule has 0 aliphatic carbocycles. The molecule has 4 heteroatoms. The summed E-state index contributed by atoms with van der Waals surface area (Å²) in [5.74, 6) is -0.344. The van der Waals surface area contributed by atoms with Gasteiger partial charge in [0.05, 0.1) is 17.4 Å². The van der Waals surface area contributed by atoms with Crippen LogP contribution in [-0.2, 0) is 12.0 Å². The van der Waals surface area contributed by atoms with Crippen molar-refractivity contribution in [1.82, 2.24) is 4.98 Å². The van der Waals surface area contributed by atoms with Crippen LogP contribution in [0.4, 0.5) is 4.39 Å². The normalized spacial score (nSPS) is 14.2. The molecule has 0 aliphatic rings. The van der Waals surface area contributed by atoms with E-state index in [1.807, 2.05) is 19.1 Å². The molecule has 1 atom stereocenters. The Morgan fingerprint density at radius 3 is 2.44 bits per heavy atom. The summed E-state index contributed by atoms with van der Waals surface area (Å²) in [5, 5.41) is 0. The lowest BCUT2D eigenvalue weighted by Gasteiger charge is -2.24. The molecule has 0 spiro atoms. The third kappa shape index (κ3) is 3.26. The predicted molar refractivity (Wildman–Crippen MR) is 78.6 cm³/mol. The van der Waals surface area contributed by atoms with Gasteiger partial charge in [-0.15, -0.1) is 0 Å². The molecule has 0 saturated heterocycles. The Kier molecular flexibility index (Phi) is 3.97. The smallest absolute Gasteiger partial charge is 0.141 e. The van der Waals surface area contributed by atoms with Crippen LogP contribution in [0.1, 0.15) is 18.2 Å². The van der Waals surface area contributed by atoms with E-state index in [0.717, 1.165) is 5.56 Å². The van der Waals surface area contributed by atoms with Crippen molar-refractivity contribution in [1.29, 1.82) is 0 Å². The second-order valence-electron chi connectivity index (χ2n) is 4.58. The average Bonchev–Trinajstić information content (AvgIpc) is 2.32. The first-order valence-electron chi connectivity index (χ1n) is 5.63. The van der Waals surface area contributed by atoms with Gasteiger partial charge in [-0.1, -0.05) is 12.1 Å². The Hall–Kier alpha value is -1.01. The van der Waals surface area contributed by atoms with E-state index in [4.69, 9.17) is 5.73 Å². The monoisotopic (exact) mass is 356 g/mol. The molecule has 1 aromatic heterocycles. The van der Waals surface area contributed by atoms with Gasteiger partial charge in [-0.05, 0) is 65.8 Å². The van der Waals surface area contributed by atoms with Gasteiger partial charge in [0.15, 0.2) is 0 Å². The minimum Gasteiger partial charge on any atom is -0.320 e. The Balaban J connectivity index is 2.20. The highest BCUT2D eigenvalue weighted by atomic mass is 127. The SMILES string of the molecule is CC(N)(Cc1ccc(I)cc1)c1ccc(F)cn1.